The van der Waals surface area contributed by atoms with Gasteiger partial charge in [0.1, 0.15) is 12.7 Å². The number of benzene rings is 3. The molecule has 0 aliphatic carbocycles. The van der Waals surface area contributed by atoms with Crippen molar-refractivity contribution in [1.29, 1.82) is 0 Å². The van der Waals surface area contributed by atoms with Gasteiger partial charge in [0.2, 0.25) is 0 Å². The molecule has 3 atom stereocenters. The van der Waals surface area contributed by atoms with E-state index in [4.69, 9.17) is 23.7 Å². The van der Waals surface area contributed by atoms with Crippen LogP contribution in [0.2, 0.25) is 0 Å². The molecule has 4 rings (SSSR count). The average molecular weight is 449 g/mol. The Balaban J connectivity index is 1.82. The highest BCUT2D eigenvalue weighted by Crippen LogP contribution is 2.49. The predicted molar refractivity (Wildman–Crippen MR) is 129 cm³/mol. The molecule has 0 aromatic heterocycles. The number of fused-ring (bicyclic) bond motifs is 1. The van der Waals surface area contributed by atoms with Crippen LogP contribution in [0.1, 0.15) is 54.5 Å². The van der Waals surface area contributed by atoms with Crippen LogP contribution in [-0.2, 0) is 11.3 Å². The summed E-state index contributed by atoms with van der Waals surface area (Å²) in [5.74, 6) is 3.05. The van der Waals surface area contributed by atoms with Gasteiger partial charge in [0.25, 0.3) is 0 Å². The summed E-state index contributed by atoms with van der Waals surface area (Å²) in [6.07, 6.45) is 0.670. The van der Waals surface area contributed by atoms with E-state index in [1.807, 2.05) is 54.6 Å². The minimum Gasteiger partial charge on any atom is -0.493 e. The van der Waals surface area contributed by atoms with E-state index in [0.29, 0.717) is 23.9 Å². The van der Waals surface area contributed by atoms with Gasteiger partial charge in [-0.25, -0.2) is 0 Å². The van der Waals surface area contributed by atoms with Gasteiger partial charge in [-0.1, -0.05) is 49.4 Å². The number of para-hydroxylation sites is 1. The van der Waals surface area contributed by atoms with Crippen LogP contribution >= 0.6 is 0 Å². The summed E-state index contributed by atoms with van der Waals surface area (Å²) in [5, 5.41) is 0. The Hall–Kier alpha value is -3.18. The van der Waals surface area contributed by atoms with Crippen LogP contribution in [-0.4, -0.2) is 27.4 Å². The predicted octanol–water partition coefficient (Wildman–Crippen LogP) is 6.29. The minimum absolute atomic E-state index is 0.0266. The molecule has 3 unspecified atom stereocenters. The Labute approximate surface area is 196 Å². The molecule has 3 aromatic rings. The normalized spacial score (nSPS) is 19.5. The molecule has 3 aromatic carbocycles. The molecule has 0 amide bonds. The summed E-state index contributed by atoms with van der Waals surface area (Å²) in [7, 11) is 4.99. The third kappa shape index (κ3) is 4.51. The lowest BCUT2D eigenvalue weighted by Gasteiger charge is -2.38. The first-order valence-electron chi connectivity index (χ1n) is 11.4. The molecule has 0 N–H and O–H groups in total. The molecule has 1 heterocycles. The second-order valence-corrected chi connectivity index (χ2v) is 8.22. The van der Waals surface area contributed by atoms with Crippen LogP contribution in [0.5, 0.6) is 23.0 Å². The SMILES string of the molecule is CCC1c2cc(OC)c(OC)cc2C(c2cccc(OC)c2OCc2ccccc2)OC1C. The van der Waals surface area contributed by atoms with Crippen molar-refractivity contribution in [2.45, 2.75) is 45.0 Å². The van der Waals surface area contributed by atoms with Crippen LogP contribution in [0.15, 0.2) is 60.7 Å². The van der Waals surface area contributed by atoms with Crippen LogP contribution in [0.4, 0.5) is 0 Å². The van der Waals surface area contributed by atoms with Gasteiger partial charge in [0.05, 0.1) is 27.4 Å². The highest BCUT2D eigenvalue weighted by atomic mass is 16.5. The third-order valence-electron chi connectivity index (χ3n) is 6.37. The molecule has 0 fully saturated rings. The highest BCUT2D eigenvalue weighted by molar-refractivity contribution is 5.56. The first kappa shape index (κ1) is 23.0. The molecule has 5 heteroatoms. The highest BCUT2D eigenvalue weighted by Gasteiger charge is 2.36. The second kappa shape index (κ2) is 10.2. The van der Waals surface area contributed by atoms with Crippen LogP contribution in [0.3, 0.4) is 0 Å². The molecule has 33 heavy (non-hydrogen) atoms. The van der Waals surface area contributed by atoms with Crippen molar-refractivity contribution < 1.29 is 23.7 Å². The number of methoxy groups -OCH3 is 3. The maximum atomic E-state index is 6.64. The fourth-order valence-corrected chi connectivity index (χ4v) is 4.67. The fourth-order valence-electron chi connectivity index (χ4n) is 4.67. The number of ether oxygens (including phenoxy) is 5. The summed E-state index contributed by atoms with van der Waals surface area (Å²) in [6.45, 7) is 4.75. The van der Waals surface area contributed by atoms with Gasteiger partial charge in [0, 0.05) is 11.5 Å². The lowest BCUT2D eigenvalue weighted by molar-refractivity contribution is -0.0135. The fraction of sp³-hybridized carbons (Fsp3) is 0.357. The van der Waals surface area contributed by atoms with E-state index in [9.17, 15) is 0 Å². The zero-order chi connectivity index (χ0) is 23.4. The van der Waals surface area contributed by atoms with Crippen LogP contribution < -0.4 is 18.9 Å². The zero-order valence-electron chi connectivity index (χ0n) is 20.0. The standard InChI is InChI=1S/C28H32O5/c1-6-20-18(2)33-27(23-16-26(31-5)25(30-4)15-22(20)23)21-13-10-14-24(29-3)28(21)32-17-19-11-8-7-9-12-19/h7-16,18,20,27H,6,17H2,1-5H3. The lowest BCUT2D eigenvalue weighted by Crippen LogP contribution is -2.29. The molecule has 0 spiro atoms. The summed E-state index contributed by atoms with van der Waals surface area (Å²) in [6, 6.07) is 20.2. The third-order valence-corrected chi connectivity index (χ3v) is 6.37. The Morgan fingerprint density at radius 2 is 1.42 bits per heavy atom. The molecule has 0 bridgehead atoms. The molecule has 1 aliphatic rings. The Bertz CT molecular complexity index is 1080. The second-order valence-electron chi connectivity index (χ2n) is 8.22. The van der Waals surface area contributed by atoms with Crippen LogP contribution in [0.25, 0.3) is 0 Å². The maximum absolute atomic E-state index is 6.64. The summed E-state index contributed by atoms with van der Waals surface area (Å²) in [4.78, 5) is 0. The van der Waals surface area contributed by atoms with E-state index in [2.05, 4.69) is 19.9 Å². The van der Waals surface area contributed by atoms with Crippen molar-refractivity contribution in [3.05, 3.63) is 82.9 Å². The summed E-state index contributed by atoms with van der Waals surface area (Å²) < 4.78 is 29.9. The van der Waals surface area contributed by atoms with Crippen molar-refractivity contribution in [3.8, 4) is 23.0 Å². The van der Waals surface area contributed by atoms with Gasteiger partial charge in [-0.3, -0.25) is 0 Å². The molecular formula is C28H32O5. The molecule has 0 saturated heterocycles. The van der Waals surface area contributed by atoms with Gasteiger partial charge in [-0.2, -0.15) is 0 Å². The average Bonchev–Trinajstić information content (AvgIpc) is 2.86. The maximum Gasteiger partial charge on any atom is 0.167 e. The van der Waals surface area contributed by atoms with Gasteiger partial charge in [0.15, 0.2) is 23.0 Å². The topological polar surface area (TPSA) is 46.2 Å². The number of rotatable bonds is 8. The molecule has 0 radical (unpaired) electrons. The molecule has 5 nitrogen and oxygen atoms in total. The number of hydrogen-bond acceptors (Lipinski definition) is 5. The quantitative estimate of drug-likeness (QED) is 0.405. The molecule has 174 valence electrons. The first-order chi connectivity index (χ1) is 16.1. The van der Waals surface area contributed by atoms with Crippen molar-refractivity contribution in [3.63, 3.8) is 0 Å². The van der Waals surface area contributed by atoms with Gasteiger partial charge in [-0.15, -0.1) is 0 Å². The molecule has 1 aliphatic heterocycles. The van der Waals surface area contributed by atoms with Crippen molar-refractivity contribution in [1.82, 2.24) is 0 Å². The van der Waals surface area contributed by atoms with E-state index < -0.39 is 0 Å². The molecular weight excluding hydrogens is 416 g/mol. The summed E-state index contributed by atoms with van der Waals surface area (Å²) >= 11 is 0. The Kier molecular flexibility index (Phi) is 7.09. The summed E-state index contributed by atoms with van der Waals surface area (Å²) in [5.41, 5.74) is 4.30. The van der Waals surface area contributed by atoms with Crippen molar-refractivity contribution in [2.75, 3.05) is 21.3 Å². The van der Waals surface area contributed by atoms with Crippen molar-refractivity contribution in [2.24, 2.45) is 0 Å². The lowest BCUT2D eigenvalue weighted by atomic mass is 9.81. The first-order valence-corrected chi connectivity index (χ1v) is 11.4. The Morgan fingerprint density at radius 1 is 0.758 bits per heavy atom. The number of hydrogen-bond donors (Lipinski definition) is 0. The van der Waals surface area contributed by atoms with E-state index in [1.54, 1.807) is 21.3 Å². The van der Waals surface area contributed by atoms with Gasteiger partial charge < -0.3 is 23.7 Å². The zero-order valence-corrected chi connectivity index (χ0v) is 20.0. The van der Waals surface area contributed by atoms with Crippen LogP contribution in [0, 0.1) is 0 Å². The van der Waals surface area contributed by atoms with Gasteiger partial charge >= 0.3 is 0 Å². The minimum atomic E-state index is -0.321. The smallest absolute Gasteiger partial charge is 0.167 e. The van der Waals surface area contributed by atoms with E-state index >= 15 is 0 Å². The monoisotopic (exact) mass is 448 g/mol. The van der Waals surface area contributed by atoms with E-state index in [1.165, 1.54) is 5.56 Å². The van der Waals surface area contributed by atoms with E-state index in [-0.39, 0.29) is 18.1 Å². The van der Waals surface area contributed by atoms with E-state index in [0.717, 1.165) is 28.9 Å². The van der Waals surface area contributed by atoms with Crippen molar-refractivity contribution >= 4 is 0 Å². The van der Waals surface area contributed by atoms with Gasteiger partial charge in [-0.05, 0) is 48.2 Å². The Morgan fingerprint density at radius 3 is 2.06 bits per heavy atom. The largest absolute Gasteiger partial charge is 0.493 e. The molecule has 0 saturated carbocycles.